The molecule has 178 valence electrons. The first-order valence-corrected chi connectivity index (χ1v) is 13.0. The topological polar surface area (TPSA) is 109 Å². The van der Waals surface area contributed by atoms with E-state index >= 15 is 0 Å². The Balaban J connectivity index is 2.26. The van der Waals surface area contributed by atoms with Gasteiger partial charge >= 0.3 is 0 Å². The van der Waals surface area contributed by atoms with E-state index in [-0.39, 0.29) is 16.8 Å². The monoisotopic (exact) mass is 490 g/mol. The lowest BCUT2D eigenvalue weighted by molar-refractivity contribution is 0.0909. The van der Waals surface area contributed by atoms with Gasteiger partial charge in [0.1, 0.15) is 0 Å². The van der Waals surface area contributed by atoms with Crippen LogP contribution >= 0.6 is 11.3 Å². The van der Waals surface area contributed by atoms with Crippen LogP contribution in [0.15, 0.2) is 51.3 Å². The van der Waals surface area contributed by atoms with Gasteiger partial charge in [-0.05, 0) is 56.7 Å². The summed E-state index contributed by atoms with van der Waals surface area (Å²) in [6.07, 6.45) is 6.61. The Hall–Kier alpha value is -2.82. The number of sulfone groups is 1. The molecule has 2 N–H and O–H groups in total. The van der Waals surface area contributed by atoms with Crippen molar-refractivity contribution in [2.24, 2.45) is 9.98 Å². The second-order valence-electron chi connectivity index (χ2n) is 7.28. The summed E-state index contributed by atoms with van der Waals surface area (Å²) in [6, 6.07) is 8.20. The standard InChI is InChI=1S/C23H30N4O4S2/c1-6-9-20-17(12-21(32-20)22(28)26-16(3)15-31-4)14-25-23(24-7-2)27-18-10-8-11-19(13-18)33(5,29)30/h6-13,16H,14-15H2,1-5H3,(H,25,27)(H,26,28)/b9-6-,24-7-/t16-/m0/s1. The van der Waals surface area contributed by atoms with Crippen LogP contribution in [-0.2, 0) is 21.1 Å². The number of methoxy groups -OCH3 is 1. The maximum atomic E-state index is 12.6. The molecule has 0 unspecified atom stereocenters. The Morgan fingerprint density at radius 3 is 2.67 bits per heavy atom. The zero-order valence-electron chi connectivity index (χ0n) is 19.5. The minimum Gasteiger partial charge on any atom is -0.383 e. The first-order chi connectivity index (χ1) is 15.7. The zero-order valence-corrected chi connectivity index (χ0v) is 21.1. The number of benzene rings is 1. The number of aliphatic imine (C=N–C) groups is 2. The van der Waals surface area contributed by atoms with Crippen molar-refractivity contribution in [1.82, 2.24) is 5.32 Å². The second-order valence-corrected chi connectivity index (χ2v) is 10.4. The van der Waals surface area contributed by atoms with Crippen LogP contribution in [-0.4, -0.2) is 52.5 Å². The van der Waals surface area contributed by atoms with E-state index in [0.29, 0.717) is 29.7 Å². The Bertz CT molecular complexity index is 1150. The number of amides is 1. The largest absolute Gasteiger partial charge is 0.383 e. The Morgan fingerprint density at radius 2 is 2.03 bits per heavy atom. The SMILES string of the molecule is C/C=C\c1sc(C(=O)N[C@@H](C)COC)cc1C/N=C(\N=C/C)Nc1cccc(S(C)(=O)=O)c1. The summed E-state index contributed by atoms with van der Waals surface area (Å²) in [5.74, 6) is 0.175. The first-order valence-electron chi connectivity index (χ1n) is 10.3. The lowest BCUT2D eigenvalue weighted by Gasteiger charge is -2.11. The van der Waals surface area contributed by atoms with Gasteiger partial charge in [-0.25, -0.2) is 18.4 Å². The van der Waals surface area contributed by atoms with Crippen molar-refractivity contribution in [3.05, 3.63) is 51.7 Å². The highest BCUT2D eigenvalue weighted by molar-refractivity contribution is 7.90. The maximum absolute atomic E-state index is 12.6. The normalized spacial score (nSPS) is 13.5. The van der Waals surface area contributed by atoms with Crippen molar-refractivity contribution in [2.75, 3.05) is 25.3 Å². The van der Waals surface area contributed by atoms with Gasteiger partial charge in [-0.1, -0.05) is 12.1 Å². The number of nitrogens with one attached hydrogen (secondary N) is 2. The Kier molecular flexibility index (Phi) is 9.95. The molecule has 33 heavy (non-hydrogen) atoms. The van der Waals surface area contributed by atoms with Gasteiger partial charge in [0.2, 0.25) is 5.96 Å². The van der Waals surface area contributed by atoms with E-state index in [1.54, 1.807) is 32.4 Å². The highest BCUT2D eigenvalue weighted by atomic mass is 32.2. The molecule has 2 aromatic rings. The van der Waals surface area contributed by atoms with Crippen molar-refractivity contribution in [3.63, 3.8) is 0 Å². The summed E-state index contributed by atoms with van der Waals surface area (Å²) in [6.45, 7) is 6.29. The van der Waals surface area contributed by atoms with E-state index in [9.17, 15) is 13.2 Å². The summed E-state index contributed by atoms with van der Waals surface area (Å²) in [5, 5.41) is 5.98. The molecule has 1 aromatic heterocycles. The lowest BCUT2D eigenvalue weighted by Crippen LogP contribution is -2.35. The fourth-order valence-electron chi connectivity index (χ4n) is 2.89. The van der Waals surface area contributed by atoms with Crippen LogP contribution in [0.25, 0.3) is 6.08 Å². The molecule has 0 saturated carbocycles. The van der Waals surface area contributed by atoms with Crippen LogP contribution in [0.5, 0.6) is 0 Å². The minimum atomic E-state index is -3.33. The van der Waals surface area contributed by atoms with Crippen LogP contribution in [0.3, 0.4) is 0 Å². The van der Waals surface area contributed by atoms with E-state index in [1.807, 2.05) is 32.1 Å². The third kappa shape index (κ3) is 8.23. The van der Waals surface area contributed by atoms with Crippen LogP contribution in [0.1, 0.15) is 40.9 Å². The van der Waals surface area contributed by atoms with Crippen molar-refractivity contribution in [2.45, 2.75) is 38.3 Å². The number of carbonyl (C=O) groups is 1. The molecule has 0 spiro atoms. The molecule has 0 fully saturated rings. The summed E-state index contributed by atoms with van der Waals surface area (Å²) in [7, 11) is -1.74. The molecule has 0 radical (unpaired) electrons. The van der Waals surface area contributed by atoms with Gasteiger partial charge in [0.25, 0.3) is 5.91 Å². The van der Waals surface area contributed by atoms with E-state index in [2.05, 4.69) is 20.6 Å². The number of ether oxygens (including phenoxy) is 1. The minimum absolute atomic E-state index is 0.103. The van der Waals surface area contributed by atoms with Crippen molar-refractivity contribution < 1.29 is 17.9 Å². The molecule has 1 aromatic carbocycles. The molecule has 8 nitrogen and oxygen atoms in total. The first kappa shape index (κ1) is 26.4. The number of hydrogen-bond donors (Lipinski definition) is 2. The molecular weight excluding hydrogens is 460 g/mol. The average molecular weight is 491 g/mol. The number of anilines is 1. The Morgan fingerprint density at radius 1 is 1.27 bits per heavy atom. The molecule has 0 aliphatic heterocycles. The fraction of sp³-hybridized carbons (Fsp3) is 0.348. The molecular formula is C23H30N4O4S2. The lowest BCUT2D eigenvalue weighted by atomic mass is 10.2. The van der Waals surface area contributed by atoms with Gasteiger partial charge < -0.3 is 15.4 Å². The van der Waals surface area contributed by atoms with E-state index in [4.69, 9.17) is 4.74 Å². The molecule has 1 atom stereocenters. The van der Waals surface area contributed by atoms with Crippen molar-refractivity contribution >= 4 is 51.0 Å². The van der Waals surface area contributed by atoms with Gasteiger partial charge in [-0.15, -0.1) is 11.3 Å². The molecule has 1 heterocycles. The van der Waals surface area contributed by atoms with Gasteiger partial charge in [-0.3, -0.25) is 4.79 Å². The number of rotatable bonds is 9. The van der Waals surface area contributed by atoms with E-state index in [1.165, 1.54) is 23.5 Å². The quantitative estimate of drug-likeness (QED) is 0.408. The van der Waals surface area contributed by atoms with Crippen molar-refractivity contribution in [1.29, 1.82) is 0 Å². The number of nitrogens with zero attached hydrogens (tertiary/aromatic N) is 2. The summed E-state index contributed by atoms with van der Waals surface area (Å²) in [4.78, 5) is 23.1. The number of hydrogen-bond acceptors (Lipinski definition) is 6. The number of thiophene rings is 1. The van der Waals surface area contributed by atoms with Gasteiger partial charge in [0.05, 0.1) is 22.9 Å². The zero-order chi connectivity index (χ0) is 24.4. The Labute approximate surface area is 199 Å². The molecule has 2 rings (SSSR count). The predicted molar refractivity (Wildman–Crippen MR) is 136 cm³/mol. The number of guanidine groups is 1. The highest BCUT2D eigenvalue weighted by Gasteiger charge is 2.15. The maximum Gasteiger partial charge on any atom is 0.261 e. The predicted octanol–water partition coefficient (Wildman–Crippen LogP) is 4.01. The number of allylic oxidation sites excluding steroid dienone is 1. The molecule has 0 saturated heterocycles. The smallest absolute Gasteiger partial charge is 0.261 e. The van der Waals surface area contributed by atoms with Crippen LogP contribution in [0.2, 0.25) is 0 Å². The molecule has 10 heteroatoms. The molecule has 0 aliphatic carbocycles. The van der Waals surface area contributed by atoms with E-state index in [0.717, 1.165) is 16.7 Å². The van der Waals surface area contributed by atoms with Gasteiger partial charge in [0.15, 0.2) is 9.84 Å². The van der Waals surface area contributed by atoms with Crippen LogP contribution in [0.4, 0.5) is 5.69 Å². The summed E-state index contributed by atoms with van der Waals surface area (Å²) < 4.78 is 28.7. The van der Waals surface area contributed by atoms with Crippen LogP contribution in [0, 0.1) is 0 Å². The fourth-order valence-corrected chi connectivity index (χ4v) is 4.60. The van der Waals surface area contributed by atoms with Gasteiger partial charge in [-0.2, -0.15) is 0 Å². The van der Waals surface area contributed by atoms with Gasteiger partial charge in [0, 0.05) is 36.2 Å². The molecule has 0 aliphatic rings. The van der Waals surface area contributed by atoms with Crippen molar-refractivity contribution in [3.8, 4) is 0 Å². The van der Waals surface area contributed by atoms with E-state index < -0.39 is 9.84 Å². The molecule has 1 amide bonds. The third-order valence-corrected chi connectivity index (χ3v) is 6.60. The highest BCUT2D eigenvalue weighted by Crippen LogP contribution is 2.25. The summed E-state index contributed by atoms with van der Waals surface area (Å²) >= 11 is 1.39. The third-order valence-electron chi connectivity index (χ3n) is 4.35. The summed E-state index contributed by atoms with van der Waals surface area (Å²) in [5.41, 5.74) is 1.45. The number of carbonyl (C=O) groups excluding carboxylic acids is 1. The second kappa shape index (κ2) is 12.4. The van der Waals surface area contributed by atoms with Crippen LogP contribution < -0.4 is 10.6 Å². The molecule has 0 bridgehead atoms. The average Bonchev–Trinajstić information content (AvgIpc) is 3.15.